The molecular formula is C21H22N4O4. The fraction of sp³-hybridized carbons (Fsp3) is 0.286. The van der Waals surface area contributed by atoms with Crippen molar-refractivity contribution < 1.29 is 14.4 Å². The molecule has 4 rings (SSSR count). The zero-order valence-corrected chi connectivity index (χ0v) is 16.3. The average molecular weight is 394 g/mol. The van der Waals surface area contributed by atoms with E-state index in [1.54, 1.807) is 26.4 Å². The molecule has 0 bridgehead atoms. The molecule has 0 radical (unpaired) electrons. The Balaban J connectivity index is 1.47. The van der Waals surface area contributed by atoms with E-state index in [2.05, 4.69) is 15.2 Å². The Labute approximate surface area is 168 Å². The number of nitrogens with one attached hydrogen (secondary N) is 1. The van der Waals surface area contributed by atoms with E-state index >= 15 is 0 Å². The highest BCUT2D eigenvalue weighted by Gasteiger charge is 2.24. The van der Waals surface area contributed by atoms with Gasteiger partial charge in [0, 0.05) is 60.5 Å². The van der Waals surface area contributed by atoms with E-state index in [-0.39, 0.29) is 11.7 Å². The Bertz CT molecular complexity index is 1030. The lowest BCUT2D eigenvalue weighted by molar-refractivity contribution is -0.384. The van der Waals surface area contributed by atoms with Gasteiger partial charge in [-0.3, -0.25) is 10.1 Å². The first kappa shape index (κ1) is 18.8. The third-order valence-electron chi connectivity index (χ3n) is 5.13. The van der Waals surface area contributed by atoms with Crippen molar-refractivity contribution in [1.29, 1.82) is 0 Å². The third kappa shape index (κ3) is 4.01. The Kier molecular flexibility index (Phi) is 5.07. The zero-order chi connectivity index (χ0) is 20.4. The maximum absolute atomic E-state index is 10.9. The average Bonchev–Trinajstić information content (AvgIpc) is 3.21. The molecule has 1 aromatic heterocycles. The molecule has 8 nitrogen and oxygen atoms in total. The fourth-order valence-corrected chi connectivity index (χ4v) is 3.60. The van der Waals surface area contributed by atoms with Crippen LogP contribution in [0.5, 0.6) is 11.5 Å². The lowest BCUT2D eigenvalue weighted by atomic mass is 10.2. The summed E-state index contributed by atoms with van der Waals surface area (Å²) in [5.74, 6) is 2.29. The van der Waals surface area contributed by atoms with Gasteiger partial charge in [-0.25, -0.2) is 4.98 Å². The van der Waals surface area contributed by atoms with Gasteiger partial charge in [-0.2, -0.15) is 0 Å². The predicted octanol–water partition coefficient (Wildman–Crippen LogP) is 3.85. The van der Waals surface area contributed by atoms with Gasteiger partial charge in [-0.1, -0.05) is 0 Å². The number of methoxy groups -OCH3 is 2. The number of non-ortho nitro benzene ring substituents is 1. The lowest BCUT2D eigenvalue weighted by Crippen LogP contribution is -2.26. The number of hydrogen-bond donors (Lipinski definition) is 1. The molecule has 1 atom stereocenters. The van der Waals surface area contributed by atoms with Crippen molar-refractivity contribution in [3.63, 3.8) is 0 Å². The fourth-order valence-electron chi connectivity index (χ4n) is 3.60. The van der Waals surface area contributed by atoms with Crippen LogP contribution in [0.15, 0.2) is 48.5 Å². The molecule has 0 saturated carbocycles. The van der Waals surface area contributed by atoms with Gasteiger partial charge >= 0.3 is 0 Å². The number of anilines is 2. The van der Waals surface area contributed by atoms with Crippen molar-refractivity contribution in [2.24, 2.45) is 0 Å². The molecule has 2 aromatic carbocycles. The lowest BCUT2D eigenvalue weighted by Gasteiger charge is -2.21. The molecule has 3 aromatic rings. The van der Waals surface area contributed by atoms with Gasteiger partial charge in [0.05, 0.1) is 24.7 Å². The van der Waals surface area contributed by atoms with Gasteiger partial charge in [0.15, 0.2) is 0 Å². The van der Waals surface area contributed by atoms with E-state index in [0.717, 1.165) is 53.4 Å². The second kappa shape index (κ2) is 7.83. The van der Waals surface area contributed by atoms with Crippen LogP contribution in [-0.4, -0.2) is 43.3 Å². The van der Waals surface area contributed by atoms with Gasteiger partial charge in [0.1, 0.15) is 17.3 Å². The van der Waals surface area contributed by atoms with Crippen LogP contribution in [0.3, 0.4) is 0 Å². The molecule has 0 spiro atoms. The molecule has 0 amide bonds. The van der Waals surface area contributed by atoms with E-state index in [1.807, 2.05) is 30.3 Å². The standard InChI is InChI=1S/C21H22N4O4/c1-28-18-10-17(11-19(12-18)29-2)24-8-7-15(13-24)22-21-6-3-14-9-16(25(26)27)4-5-20(14)23-21/h3-6,9-12,15H,7-8,13H2,1-2H3,(H,22,23). The van der Waals surface area contributed by atoms with Crippen LogP contribution in [0.2, 0.25) is 0 Å². The van der Waals surface area contributed by atoms with Crippen LogP contribution in [-0.2, 0) is 0 Å². The predicted molar refractivity (Wildman–Crippen MR) is 112 cm³/mol. The minimum Gasteiger partial charge on any atom is -0.497 e. The number of hydrogen-bond acceptors (Lipinski definition) is 7. The number of rotatable bonds is 6. The molecule has 1 fully saturated rings. The number of benzene rings is 2. The summed E-state index contributed by atoms with van der Waals surface area (Å²) in [6.45, 7) is 1.74. The Morgan fingerprint density at radius 1 is 1.10 bits per heavy atom. The van der Waals surface area contributed by atoms with E-state index in [0.29, 0.717) is 0 Å². The van der Waals surface area contributed by atoms with Crippen LogP contribution in [0.4, 0.5) is 17.2 Å². The smallest absolute Gasteiger partial charge is 0.270 e. The number of nitro benzene ring substituents is 1. The topological polar surface area (TPSA) is 89.8 Å². The summed E-state index contributed by atoms with van der Waals surface area (Å²) in [6, 6.07) is 14.5. The molecule has 1 unspecified atom stereocenters. The van der Waals surface area contributed by atoms with Gasteiger partial charge in [-0.05, 0) is 24.6 Å². The minimum absolute atomic E-state index is 0.0696. The normalized spacial score (nSPS) is 16.1. The zero-order valence-electron chi connectivity index (χ0n) is 16.3. The van der Waals surface area contributed by atoms with Crippen molar-refractivity contribution in [2.45, 2.75) is 12.5 Å². The first-order valence-corrected chi connectivity index (χ1v) is 9.35. The summed E-state index contributed by atoms with van der Waals surface area (Å²) in [5, 5.41) is 15.2. The molecule has 150 valence electrons. The SMILES string of the molecule is COc1cc(OC)cc(N2CCC(Nc3ccc4cc([N+](=O)[O-])ccc4n3)C2)c1. The quantitative estimate of drug-likeness (QED) is 0.502. The first-order valence-electron chi connectivity index (χ1n) is 9.35. The van der Waals surface area contributed by atoms with E-state index < -0.39 is 4.92 Å². The highest BCUT2D eigenvalue weighted by molar-refractivity contribution is 5.82. The van der Waals surface area contributed by atoms with Crippen LogP contribution in [0.25, 0.3) is 10.9 Å². The molecule has 8 heteroatoms. The van der Waals surface area contributed by atoms with Crippen molar-refractivity contribution in [2.75, 3.05) is 37.5 Å². The summed E-state index contributed by atoms with van der Waals surface area (Å²) >= 11 is 0. The van der Waals surface area contributed by atoms with Gasteiger partial charge < -0.3 is 19.7 Å². The molecule has 0 aliphatic carbocycles. The second-order valence-electron chi connectivity index (χ2n) is 6.98. The van der Waals surface area contributed by atoms with Gasteiger partial charge in [-0.15, -0.1) is 0 Å². The molecular weight excluding hydrogens is 372 g/mol. The monoisotopic (exact) mass is 394 g/mol. The van der Waals surface area contributed by atoms with Crippen LogP contribution >= 0.6 is 0 Å². The molecule has 1 aliphatic heterocycles. The molecule has 2 heterocycles. The summed E-state index contributed by atoms with van der Waals surface area (Å²) < 4.78 is 10.7. The summed E-state index contributed by atoms with van der Waals surface area (Å²) in [4.78, 5) is 17.4. The highest BCUT2D eigenvalue weighted by Crippen LogP contribution is 2.31. The number of aromatic nitrogens is 1. The van der Waals surface area contributed by atoms with E-state index in [9.17, 15) is 10.1 Å². The number of ether oxygens (including phenoxy) is 2. The van der Waals surface area contributed by atoms with Crippen molar-refractivity contribution >= 4 is 28.1 Å². The van der Waals surface area contributed by atoms with Gasteiger partial charge in [0.2, 0.25) is 0 Å². The van der Waals surface area contributed by atoms with Crippen molar-refractivity contribution in [3.8, 4) is 11.5 Å². The molecule has 1 saturated heterocycles. The Morgan fingerprint density at radius 3 is 2.55 bits per heavy atom. The summed E-state index contributed by atoms with van der Waals surface area (Å²) in [7, 11) is 3.29. The van der Waals surface area contributed by atoms with Crippen molar-refractivity contribution in [1.82, 2.24) is 4.98 Å². The first-order chi connectivity index (χ1) is 14.1. The van der Waals surface area contributed by atoms with Crippen LogP contribution in [0, 0.1) is 10.1 Å². The summed E-state index contributed by atoms with van der Waals surface area (Å²) in [5.41, 5.74) is 1.86. The van der Waals surface area contributed by atoms with Gasteiger partial charge in [0.25, 0.3) is 5.69 Å². The number of fused-ring (bicyclic) bond motifs is 1. The largest absolute Gasteiger partial charge is 0.497 e. The Morgan fingerprint density at radius 2 is 1.86 bits per heavy atom. The van der Waals surface area contributed by atoms with Crippen LogP contribution in [0.1, 0.15) is 6.42 Å². The number of nitrogens with zero attached hydrogens (tertiary/aromatic N) is 3. The highest BCUT2D eigenvalue weighted by atomic mass is 16.6. The van der Waals surface area contributed by atoms with Crippen molar-refractivity contribution in [3.05, 3.63) is 58.6 Å². The Hall–Kier alpha value is -3.55. The molecule has 1 N–H and O–H groups in total. The van der Waals surface area contributed by atoms with E-state index in [4.69, 9.17) is 9.47 Å². The second-order valence-corrected chi connectivity index (χ2v) is 6.98. The maximum atomic E-state index is 10.9. The van der Waals surface area contributed by atoms with E-state index in [1.165, 1.54) is 6.07 Å². The number of pyridine rings is 1. The molecule has 29 heavy (non-hydrogen) atoms. The third-order valence-corrected chi connectivity index (χ3v) is 5.13. The maximum Gasteiger partial charge on any atom is 0.270 e. The minimum atomic E-state index is -0.397. The van der Waals surface area contributed by atoms with Crippen LogP contribution < -0.4 is 19.7 Å². The summed E-state index contributed by atoms with van der Waals surface area (Å²) in [6.07, 6.45) is 0.972. The number of nitro groups is 1. The molecule has 1 aliphatic rings.